The topological polar surface area (TPSA) is 68.0 Å². The van der Waals surface area contributed by atoms with Gasteiger partial charge in [-0.3, -0.25) is 9.67 Å². The third-order valence-corrected chi connectivity index (χ3v) is 2.74. The van der Waals surface area contributed by atoms with Crippen molar-refractivity contribution in [1.82, 2.24) is 14.8 Å². The Kier molecular flexibility index (Phi) is 2.91. The number of aromatic carboxylic acids is 1. The molecule has 0 saturated carbocycles. The lowest BCUT2D eigenvalue weighted by Crippen LogP contribution is -2.02. The highest BCUT2D eigenvalue weighted by Crippen LogP contribution is 2.25. The fourth-order valence-electron chi connectivity index (χ4n) is 1.83. The van der Waals surface area contributed by atoms with E-state index in [-0.39, 0.29) is 5.56 Å². The van der Waals surface area contributed by atoms with Gasteiger partial charge in [0.05, 0.1) is 11.8 Å². The Morgan fingerprint density at radius 1 is 1.41 bits per heavy atom. The number of aryl methyl sites for hydroxylation is 1. The van der Waals surface area contributed by atoms with Gasteiger partial charge < -0.3 is 5.11 Å². The molecule has 0 spiro atoms. The van der Waals surface area contributed by atoms with Gasteiger partial charge in [-0.2, -0.15) is 5.10 Å². The average Bonchev–Trinajstić information content (AvgIpc) is 2.70. The second-order valence-corrected chi connectivity index (χ2v) is 3.69. The number of hydrogen-bond donors (Lipinski definition) is 1. The molecule has 2 aromatic heterocycles. The molecule has 0 unspecified atom stereocenters. The summed E-state index contributed by atoms with van der Waals surface area (Å²) in [5.41, 5.74) is 2.62. The van der Waals surface area contributed by atoms with Crippen molar-refractivity contribution in [2.24, 2.45) is 0 Å². The van der Waals surface area contributed by atoms with Gasteiger partial charge in [-0.25, -0.2) is 4.79 Å². The van der Waals surface area contributed by atoms with E-state index < -0.39 is 5.97 Å². The minimum Gasteiger partial charge on any atom is -0.478 e. The van der Waals surface area contributed by atoms with Crippen molar-refractivity contribution in [3.05, 3.63) is 35.9 Å². The molecule has 2 heterocycles. The molecule has 0 bridgehead atoms. The quantitative estimate of drug-likeness (QED) is 0.876. The Hall–Kier alpha value is -2.17. The molecular weight excluding hydrogens is 218 g/mol. The third-order valence-electron chi connectivity index (χ3n) is 2.74. The largest absolute Gasteiger partial charge is 0.478 e. The molecule has 0 aliphatic rings. The van der Waals surface area contributed by atoms with Crippen LogP contribution in [0.1, 0.15) is 23.0 Å². The number of nitrogens with zero attached hydrogens (tertiary/aromatic N) is 3. The van der Waals surface area contributed by atoms with Crippen molar-refractivity contribution in [1.29, 1.82) is 0 Å². The highest BCUT2D eigenvalue weighted by atomic mass is 16.4. The molecule has 2 aromatic rings. The highest BCUT2D eigenvalue weighted by molar-refractivity contribution is 5.95. The van der Waals surface area contributed by atoms with Crippen LogP contribution < -0.4 is 0 Å². The van der Waals surface area contributed by atoms with Crippen LogP contribution in [0.2, 0.25) is 0 Å². The lowest BCUT2D eigenvalue weighted by molar-refractivity contribution is 0.0697. The third kappa shape index (κ3) is 1.91. The predicted molar refractivity (Wildman–Crippen MR) is 62.8 cm³/mol. The van der Waals surface area contributed by atoms with Crippen molar-refractivity contribution >= 4 is 5.97 Å². The predicted octanol–water partition coefficient (Wildman–Crippen LogP) is 1.97. The van der Waals surface area contributed by atoms with Crippen LogP contribution in [0.15, 0.2) is 24.7 Å². The zero-order chi connectivity index (χ0) is 12.4. The van der Waals surface area contributed by atoms with Gasteiger partial charge in [0.25, 0.3) is 0 Å². The van der Waals surface area contributed by atoms with E-state index in [0.29, 0.717) is 5.56 Å². The Balaban J connectivity index is 2.60. The summed E-state index contributed by atoms with van der Waals surface area (Å²) in [6.45, 7) is 4.67. The molecule has 0 atom stereocenters. The van der Waals surface area contributed by atoms with E-state index in [1.165, 1.54) is 12.3 Å². The zero-order valence-corrected chi connectivity index (χ0v) is 9.71. The standard InChI is InChI=1S/C12H13N3O2/c1-3-15-8(2)10(7-14-15)11-6-13-5-4-9(11)12(16)17/h4-7H,3H2,1-2H3,(H,16,17). The molecule has 5 heteroatoms. The summed E-state index contributed by atoms with van der Waals surface area (Å²) >= 11 is 0. The second kappa shape index (κ2) is 4.37. The molecule has 17 heavy (non-hydrogen) atoms. The van der Waals surface area contributed by atoms with Crippen molar-refractivity contribution in [2.45, 2.75) is 20.4 Å². The molecule has 1 N–H and O–H groups in total. The van der Waals surface area contributed by atoms with Crippen LogP contribution >= 0.6 is 0 Å². The number of aromatic nitrogens is 3. The van der Waals surface area contributed by atoms with Gasteiger partial charge in [0.15, 0.2) is 0 Å². The van der Waals surface area contributed by atoms with E-state index in [2.05, 4.69) is 10.1 Å². The number of carbonyl (C=O) groups is 1. The van der Waals surface area contributed by atoms with Crippen LogP contribution in [0.3, 0.4) is 0 Å². The molecule has 2 rings (SSSR count). The summed E-state index contributed by atoms with van der Waals surface area (Å²) in [6, 6.07) is 1.50. The normalized spacial score (nSPS) is 10.5. The first-order chi connectivity index (χ1) is 8.15. The number of pyridine rings is 1. The van der Waals surface area contributed by atoms with Crippen molar-refractivity contribution in [3.8, 4) is 11.1 Å². The summed E-state index contributed by atoms with van der Waals surface area (Å²) in [6.07, 6.45) is 4.72. The first-order valence-corrected chi connectivity index (χ1v) is 5.35. The van der Waals surface area contributed by atoms with Gasteiger partial charge in [0.2, 0.25) is 0 Å². The maximum atomic E-state index is 11.1. The van der Waals surface area contributed by atoms with E-state index in [1.54, 1.807) is 12.4 Å². The van der Waals surface area contributed by atoms with Crippen LogP contribution in [-0.2, 0) is 6.54 Å². The molecule has 0 saturated heterocycles. The first-order valence-electron chi connectivity index (χ1n) is 5.35. The minimum atomic E-state index is -0.953. The maximum Gasteiger partial charge on any atom is 0.336 e. The lowest BCUT2D eigenvalue weighted by Gasteiger charge is -2.05. The van der Waals surface area contributed by atoms with Gasteiger partial charge in [-0.05, 0) is 19.9 Å². The highest BCUT2D eigenvalue weighted by Gasteiger charge is 2.15. The van der Waals surface area contributed by atoms with Gasteiger partial charge in [0, 0.05) is 35.8 Å². The number of rotatable bonds is 3. The second-order valence-electron chi connectivity index (χ2n) is 3.69. The molecular formula is C12H13N3O2. The summed E-state index contributed by atoms with van der Waals surface area (Å²) in [5, 5.41) is 13.3. The Bertz CT molecular complexity index is 561. The Morgan fingerprint density at radius 2 is 2.18 bits per heavy atom. The monoisotopic (exact) mass is 231 g/mol. The first kappa shape index (κ1) is 11.3. The lowest BCUT2D eigenvalue weighted by atomic mass is 10.0. The van der Waals surface area contributed by atoms with E-state index in [0.717, 1.165) is 17.8 Å². The smallest absolute Gasteiger partial charge is 0.336 e. The van der Waals surface area contributed by atoms with E-state index in [9.17, 15) is 4.79 Å². The number of carboxylic acids is 1. The van der Waals surface area contributed by atoms with Gasteiger partial charge in [-0.15, -0.1) is 0 Å². The zero-order valence-electron chi connectivity index (χ0n) is 9.71. The summed E-state index contributed by atoms with van der Waals surface area (Å²) in [4.78, 5) is 15.1. The minimum absolute atomic E-state index is 0.249. The maximum absolute atomic E-state index is 11.1. The summed E-state index contributed by atoms with van der Waals surface area (Å²) in [7, 11) is 0. The fraction of sp³-hybridized carbons (Fsp3) is 0.250. The van der Waals surface area contributed by atoms with E-state index in [4.69, 9.17) is 5.11 Å². The molecule has 0 fully saturated rings. The SMILES string of the molecule is CCn1ncc(-c2cnccc2C(=O)O)c1C. The van der Waals surface area contributed by atoms with Crippen LogP contribution in [0.5, 0.6) is 0 Å². The summed E-state index contributed by atoms with van der Waals surface area (Å²) < 4.78 is 1.83. The van der Waals surface area contributed by atoms with Crippen LogP contribution in [0, 0.1) is 6.92 Å². The van der Waals surface area contributed by atoms with E-state index >= 15 is 0 Å². The molecule has 0 radical (unpaired) electrons. The molecule has 0 amide bonds. The van der Waals surface area contributed by atoms with Gasteiger partial charge >= 0.3 is 5.97 Å². The van der Waals surface area contributed by atoms with Crippen LogP contribution in [0.25, 0.3) is 11.1 Å². The Labute approximate surface area is 98.7 Å². The number of hydrogen-bond acceptors (Lipinski definition) is 3. The van der Waals surface area contributed by atoms with Gasteiger partial charge in [-0.1, -0.05) is 0 Å². The van der Waals surface area contributed by atoms with Crippen LogP contribution in [0.4, 0.5) is 0 Å². The van der Waals surface area contributed by atoms with Crippen molar-refractivity contribution in [2.75, 3.05) is 0 Å². The van der Waals surface area contributed by atoms with Crippen LogP contribution in [-0.4, -0.2) is 25.8 Å². The van der Waals surface area contributed by atoms with Gasteiger partial charge in [0.1, 0.15) is 0 Å². The average molecular weight is 231 g/mol. The summed E-state index contributed by atoms with van der Waals surface area (Å²) in [5.74, 6) is -0.953. The molecule has 88 valence electrons. The Morgan fingerprint density at radius 3 is 2.76 bits per heavy atom. The number of carboxylic acid groups (broad SMARTS) is 1. The fourth-order valence-corrected chi connectivity index (χ4v) is 1.83. The molecule has 0 aliphatic heterocycles. The molecule has 5 nitrogen and oxygen atoms in total. The molecule has 0 aromatic carbocycles. The molecule has 0 aliphatic carbocycles. The van der Waals surface area contributed by atoms with Crippen molar-refractivity contribution < 1.29 is 9.90 Å². The van der Waals surface area contributed by atoms with E-state index in [1.807, 2.05) is 18.5 Å². The van der Waals surface area contributed by atoms with Crippen molar-refractivity contribution in [3.63, 3.8) is 0 Å².